The Morgan fingerprint density at radius 2 is 2.14 bits per heavy atom. The standard InChI is InChI=1S/C18H29N7OS.HI/c1-3-19-18(21-13-17-23-22-14-24(17)4-2)20-12-15(16-6-5-11-27-16)25-7-9-26-10-8-25;/h5-6,11,14-15H,3-4,7-10,12-13H2,1-2H3,(H2,19,20,21);1H. The molecule has 1 fully saturated rings. The molecule has 0 spiro atoms. The maximum absolute atomic E-state index is 5.52. The number of aromatic nitrogens is 3. The number of morpholine rings is 1. The second kappa shape index (κ2) is 12.3. The summed E-state index contributed by atoms with van der Waals surface area (Å²) in [5.74, 6) is 1.68. The van der Waals surface area contributed by atoms with E-state index >= 15 is 0 Å². The number of nitrogens with one attached hydrogen (secondary N) is 2. The summed E-state index contributed by atoms with van der Waals surface area (Å²) in [6.45, 7) is 10.6. The molecule has 2 N–H and O–H groups in total. The average molecular weight is 519 g/mol. The van der Waals surface area contributed by atoms with E-state index < -0.39 is 0 Å². The van der Waals surface area contributed by atoms with Crippen LogP contribution >= 0.6 is 35.3 Å². The van der Waals surface area contributed by atoms with Crippen molar-refractivity contribution >= 4 is 41.3 Å². The molecule has 0 amide bonds. The molecule has 156 valence electrons. The van der Waals surface area contributed by atoms with Crippen molar-refractivity contribution < 1.29 is 4.74 Å². The van der Waals surface area contributed by atoms with Gasteiger partial charge in [0.25, 0.3) is 0 Å². The molecular weight excluding hydrogens is 489 g/mol. The minimum Gasteiger partial charge on any atom is -0.379 e. The lowest BCUT2D eigenvalue weighted by molar-refractivity contribution is 0.0177. The van der Waals surface area contributed by atoms with E-state index in [0.29, 0.717) is 12.6 Å². The molecule has 2 aromatic heterocycles. The fraction of sp³-hybridized carbons (Fsp3) is 0.611. The first-order valence-corrected chi connectivity index (χ1v) is 10.4. The van der Waals surface area contributed by atoms with E-state index in [1.54, 1.807) is 17.7 Å². The minimum atomic E-state index is 0. The Hall–Kier alpha value is -1.24. The number of halogens is 1. The Balaban J connectivity index is 0.00000280. The number of ether oxygens (including phenoxy) is 1. The first-order valence-electron chi connectivity index (χ1n) is 9.55. The molecule has 3 rings (SSSR count). The quantitative estimate of drug-likeness (QED) is 0.316. The number of hydrogen-bond donors (Lipinski definition) is 2. The van der Waals surface area contributed by atoms with Gasteiger partial charge in [-0.3, -0.25) is 4.90 Å². The van der Waals surface area contributed by atoms with Crippen LogP contribution in [0.5, 0.6) is 0 Å². The van der Waals surface area contributed by atoms with E-state index in [4.69, 9.17) is 9.73 Å². The number of rotatable bonds is 8. The van der Waals surface area contributed by atoms with Crippen LogP contribution in [0.4, 0.5) is 0 Å². The third-order valence-electron chi connectivity index (χ3n) is 4.58. The Bertz CT molecular complexity index is 701. The Morgan fingerprint density at radius 1 is 1.32 bits per heavy atom. The number of thiophene rings is 1. The molecular formula is C18H30IN7OS. The highest BCUT2D eigenvalue weighted by atomic mass is 127. The van der Waals surface area contributed by atoms with Gasteiger partial charge in [0, 0.05) is 37.6 Å². The van der Waals surface area contributed by atoms with Gasteiger partial charge in [0.15, 0.2) is 11.8 Å². The van der Waals surface area contributed by atoms with E-state index in [2.05, 4.69) is 57.1 Å². The highest BCUT2D eigenvalue weighted by Gasteiger charge is 2.23. The zero-order valence-electron chi connectivity index (χ0n) is 16.5. The van der Waals surface area contributed by atoms with E-state index in [1.807, 2.05) is 4.57 Å². The maximum atomic E-state index is 5.52. The average Bonchev–Trinajstić information content (AvgIpc) is 3.39. The highest BCUT2D eigenvalue weighted by molar-refractivity contribution is 14.0. The van der Waals surface area contributed by atoms with Gasteiger partial charge in [-0.15, -0.1) is 45.5 Å². The lowest BCUT2D eigenvalue weighted by Crippen LogP contribution is -2.46. The molecule has 1 aliphatic rings. The number of aliphatic imine (C=N–C) groups is 1. The summed E-state index contributed by atoms with van der Waals surface area (Å²) in [4.78, 5) is 8.55. The summed E-state index contributed by atoms with van der Waals surface area (Å²) in [5.41, 5.74) is 0. The predicted octanol–water partition coefficient (Wildman–Crippen LogP) is 2.11. The molecule has 1 aliphatic heterocycles. The van der Waals surface area contributed by atoms with E-state index in [-0.39, 0.29) is 24.0 Å². The van der Waals surface area contributed by atoms with Crippen LogP contribution in [0.15, 0.2) is 28.8 Å². The summed E-state index contributed by atoms with van der Waals surface area (Å²) < 4.78 is 7.53. The molecule has 0 aliphatic carbocycles. The molecule has 0 bridgehead atoms. The van der Waals surface area contributed by atoms with Gasteiger partial charge in [-0.25, -0.2) is 4.99 Å². The number of guanidine groups is 1. The van der Waals surface area contributed by atoms with E-state index in [1.165, 1.54) is 4.88 Å². The number of hydrogen-bond acceptors (Lipinski definition) is 6. The third-order valence-corrected chi connectivity index (χ3v) is 5.55. The summed E-state index contributed by atoms with van der Waals surface area (Å²) in [5, 5.41) is 17.1. The van der Waals surface area contributed by atoms with Crippen LogP contribution in [0, 0.1) is 0 Å². The van der Waals surface area contributed by atoms with Crippen LogP contribution in [-0.2, 0) is 17.8 Å². The van der Waals surface area contributed by atoms with Crippen molar-refractivity contribution in [3.8, 4) is 0 Å². The van der Waals surface area contributed by atoms with Gasteiger partial charge in [-0.05, 0) is 25.3 Å². The molecule has 0 aromatic carbocycles. The van der Waals surface area contributed by atoms with Crippen LogP contribution < -0.4 is 10.6 Å². The Morgan fingerprint density at radius 3 is 2.82 bits per heavy atom. The topological polar surface area (TPSA) is 79.6 Å². The zero-order chi connectivity index (χ0) is 18.9. The molecule has 3 heterocycles. The number of nitrogens with zero attached hydrogens (tertiary/aromatic N) is 5. The smallest absolute Gasteiger partial charge is 0.191 e. The molecule has 1 saturated heterocycles. The van der Waals surface area contributed by atoms with Gasteiger partial charge in [0.1, 0.15) is 12.9 Å². The molecule has 0 saturated carbocycles. The highest BCUT2D eigenvalue weighted by Crippen LogP contribution is 2.25. The first-order chi connectivity index (χ1) is 13.3. The van der Waals surface area contributed by atoms with Crippen LogP contribution in [0.25, 0.3) is 0 Å². The normalized spacial score (nSPS) is 16.4. The Labute approximate surface area is 187 Å². The van der Waals surface area contributed by atoms with Gasteiger partial charge in [0.2, 0.25) is 0 Å². The van der Waals surface area contributed by atoms with Gasteiger partial charge in [0.05, 0.1) is 19.3 Å². The minimum absolute atomic E-state index is 0. The molecule has 2 aromatic rings. The summed E-state index contributed by atoms with van der Waals surface area (Å²) in [6.07, 6.45) is 1.75. The van der Waals surface area contributed by atoms with Gasteiger partial charge >= 0.3 is 0 Å². The fourth-order valence-corrected chi connectivity index (χ4v) is 3.99. The van der Waals surface area contributed by atoms with Crippen LogP contribution in [-0.4, -0.2) is 65.0 Å². The van der Waals surface area contributed by atoms with E-state index in [9.17, 15) is 0 Å². The SMILES string of the molecule is CCNC(=NCc1nncn1CC)NCC(c1cccs1)N1CCOCC1.I. The predicted molar refractivity (Wildman–Crippen MR) is 123 cm³/mol. The van der Waals surface area contributed by atoms with Crippen molar-refractivity contribution in [3.63, 3.8) is 0 Å². The van der Waals surface area contributed by atoms with Crippen molar-refractivity contribution in [1.82, 2.24) is 30.3 Å². The molecule has 28 heavy (non-hydrogen) atoms. The second-order valence-electron chi connectivity index (χ2n) is 6.29. The largest absolute Gasteiger partial charge is 0.379 e. The lowest BCUT2D eigenvalue weighted by Gasteiger charge is -2.34. The van der Waals surface area contributed by atoms with Crippen LogP contribution in [0.2, 0.25) is 0 Å². The molecule has 0 radical (unpaired) electrons. The molecule has 1 atom stereocenters. The summed E-state index contributed by atoms with van der Waals surface area (Å²) >= 11 is 1.80. The van der Waals surface area contributed by atoms with Gasteiger partial charge in [-0.1, -0.05) is 6.07 Å². The fourth-order valence-electron chi connectivity index (χ4n) is 3.13. The van der Waals surface area contributed by atoms with Crippen molar-refractivity contribution in [2.45, 2.75) is 33.0 Å². The van der Waals surface area contributed by atoms with Crippen molar-refractivity contribution in [2.75, 3.05) is 39.4 Å². The Kier molecular flexibility index (Phi) is 10.2. The van der Waals surface area contributed by atoms with Crippen molar-refractivity contribution in [1.29, 1.82) is 0 Å². The van der Waals surface area contributed by atoms with Crippen molar-refractivity contribution in [3.05, 3.63) is 34.5 Å². The molecule has 1 unspecified atom stereocenters. The summed E-state index contributed by atoms with van der Waals surface area (Å²) in [7, 11) is 0. The van der Waals surface area contributed by atoms with Crippen LogP contribution in [0.1, 0.15) is 30.6 Å². The first kappa shape index (κ1) is 23.0. The number of aryl methyl sites for hydroxylation is 1. The van der Waals surface area contributed by atoms with Crippen molar-refractivity contribution in [2.24, 2.45) is 4.99 Å². The third kappa shape index (κ3) is 6.39. The molecule has 8 nitrogen and oxygen atoms in total. The van der Waals surface area contributed by atoms with E-state index in [0.717, 1.165) is 57.7 Å². The second-order valence-corrected chi connectivity index (χ2v) is 7.27. The lowest BCUT2D eigenvalue weighted by atomic mass is 10.2. The van der Waals surface area contributed by atoms with Gasteiger partial charge in [-0.2, -0.15) is 0 Å². The monoisotopic (exact) mass is 519 g/mol. The van der Waals surface area contributed by atoms with Gasteiger partial charge < -0.3 is 19.9 Å². The molecule has 10 heteroatoms. The maximum Gasteiger partial charge on any atom is 0.191 e. The summed E-state index contributed by atoms with van der Waals surface area (Å²) in [6, 6.07) is 4.64. The zero-order valence-corrected chi connectivity index (χ0v) is 19.7. The van der Waals surface area contributed by atoms with Crippen LogP contribution in [0.3, 0.4) is 0 Å².